The van der Waals surface area contributed by atoms with Gasteiger partial charge < -0.3 is 26.8 Å². The Morgan fingerprint density at radius 3 is 2.42 bits per heavy atom. The Hall–Kier alpha value is -4.02. The molecule has 0 saturated heterocycles. The van der Waals surface area contributed by atoms with E-state index < -0.39 is 6.03 Å². The van der Waals surface area contributed by atoms with Gasteiger partial charge in [-0.2, -0.15) is 0 Å². The van der Waals surface area contributed by atoms with Crippen molar-refractivity contribution in [2.24, 2.45) is 0 Å². The average molecular weight is 434 g/mol. The number of thiophene rings is 1. The highest BCUT2D eigenvalue weighted by Gasteiger charge is 2.16. The van der Waals surface area contributed by atoms with Crippen LogP contribution in [0.1, 0.15) is 15.9 Å². The first-order chi connectivity index (χ1) is 15.0. The number of nitrogens with one attached hydrogen (secondary N) is 3. The van der Waals surface area contributed by atoms with Gasteiger partial charge >= 0.3 is 6.03 Å². The molecule has 31 heavy (non-hydrogen) atoms. The zero-order valence-corrected chi connectivity index (χ0v) is 16.9. The van der Waals surface area contributed by atoms with Gasteiger partial charge in [0.25, 0.3) is 5.91 Å². The van der Waals surface area contributed by atoms with Crippen molar-refractivity contribution in [2.75, 3.05) is 21.7 Å². The monoisotopic (exact) mass is 434 g/mol. The lowest BCUT2D eigenvalue weighted by atomic mass is 10.2. The number of aromatic nitrogens is 2. The Morgan fingerprint density at radius 1 is 0.968 bits per heavy atom. The third kappa shape index (κ3) is 4.60. The average Bonchev–Trinajstić information content (AvgIpc) is 3.21. The molecule has 4 rings (SSSR count). The largest absolute Gasteiger partial charge is 0.392 e. The molecule has 0 spiro atoms. The summed E-state index contributed by atoms with van der Waals surface area (Å²) >= 11 is 1.32. The lowest BCUT2D eigenvalue weighted by Crippen LogP contribution is -2.19. The molecule has 0 fully saturated rings. The summed E-state index contributed by atoms with van der Waals surface area (Å²) in [7, 11) is 0. The maximum absolute atomic E-state index is 12.6. The van der Waals surface area contributed by atoms with E-state index >= 15 is 0 Å². The Kier molecular flexibility index (Phi) is 5.74. The summed E-state index contributed by atoms with van der Waals surface area (Å²) in [5.74, 6) is -0.0681. The van der Waals surface area contributed by atoms with Gasteiger partial charge in [0.1, 0.15) is 17.0 Å². The number of hydrogen-bond donors (Lipinski definition) is 5. The minimum atomic E-state index is -0.424. The second kappa shape index (κ2) is 8.78. The molecule has 0 unspecified atom stereocenters. The van der Waals surface area contributed by atoms with E-state index in [0.29, 0.717) is 38.4 Å². The van der Waals surface area contributed by atoms with Crippen molar-refractivity contribution in [3.63, 3.8) is 0 Å². The quantitative estimate of drug-likeness (QED) is 0.324. The van der Waals surface area contributed by atoms with E-state index in [1.807, 2.05) is 0 Å². The van der Waals surface area contributed by atoms with Crippen LogP contribution in [0.2, 0.25) is 0 Å². The van der Waals surface area contributed by atoms with Crippen LogP contribution >= 0.6 is 11.3 Å². The van der Waals surface area contributed by atoms with Gasteiger partial charge in [-0.05, 0) is 42.0 Å². The van der Waals surface area contributed by atoms with E-state index in [4.69, 9.17) is 5.73 Å². The van der Waals surface area contributed by atoms with Crippen molar-refractivity contribution in [2.45, 2.75) is 6.61 Å². The van der Waals surface area contributed by atoms with Crippen molar-refractivity contribution < 1.29 is 14.7 Å². The highest BCUT2D eigenvalue weighted by Crippen LogP contribution is 2.28. The molecule has 0 atom stereocenters. The number of carbonyl (C=O) groups is 2. The predicted molar refractivity (Wildman–Crippen MR) is 121 cm³/mol. The predicted octanol–water partition coefficient (Wildman–Crippen LogP) is 3.66. The molecule has 10 heteroatoms. The van der Waals surface area contributed by atoms with E-state index in [-0.39, 0.29) is 18.3 Å². The number of benzene rings is 2. The Bertz CT molecular complexity index is 1260. The number of nitrogens with zero attached hydrogens (tertiary/aromatic N) is 2. The second-order valence-electron chi connectivity index (χ2n) is 6.56. The molecule has 2 aromatic carbocycles. The van der Waals surface area contributed by atoms with Crippen LogP contribution in [0.4, 0.5) is 27.7 Å². The minimum absolute atomic E-state index is 0.106. The molecule has 2 aromatic heterocycles. The number of aliphatic hydroxyl groups excluding tert-OH is 1. The molecule has 156 valence electrons. The Balaban J connectivity index is 1.39. The molecular formula is C21H18N6O3S. The molecule has 0 saturated carbocycles. The molecule has 6 N–H and O–H groups in total. The lowest BCUT2D eigenvalue weighted by molar-refractivity contribution is 0.102. The highest BCUT2D eigenvalue weighted by atomic mass is 32.1. The highest BCUT2D eigenvalue weighted by molar-refractivity contribution is 7.17. The van der Waals surface area contributed by atoms with Crippen LogP contribution in [-0.2, 0) is 6.61 Å². The molecule has 2 heterocycles. The number of aliphatic hydroxyl groups is 1. The van der Waals surface area contributed by atoms with Crippen LogP contribution in [0.15, 0.2) is 60.2 Å². The van der Waals surface area contributed by atoms with Crippen LogP contribution in [0.25, 0.3) is 10.2 Å². The number of amides is 3. The van der Waals surface area contributed by atoms with Crippen molar-refractivity contribution in [1.82, 2.24) is 9.97 Å². The van der Waals surface area contributed by atoms with Gasteiger partial charge in [-0.15, -0.1) is 11.3 Å². The molecule has 0 aliphatic rings. The number of anilines is 4. The summed E-state index contributed by atoms with van der Waals surface area (Å²) in [6.45, 7) is -0.106. The molecule has 4 aromatic rings. The summed E-state index contributed by atoms with van der Waals surface area (Å²) in [5, 5.41) is 19.6. The fourth-order valence-corrected chi connectivity index (χ4v) is 3.84. The smallest absolute Gasteiger partial charge is 0.323 e. The van der Waals surface area contributed by atoms with Crippen LogP contribution < -0.4 is 21.7 Å². The summed E-state index contributed by atoms with van der Waals surface area (Å²) < 4.78 is 0. The van der Waals surface area contributed by atoms with Gasteiger partial charge in [0.15, 0.2) is 0 Å². The molecule has 0 bridgehead atoms. The number of fused-ring (bicyclic) bond motifs is 1. The van der Waals surface area contributed by atoms with Gasteiger partial charge in [-0.3, -0.25) is 4.79 Å². The second-order valence-corrected chi connectivity index (χ2v) is 7.42. The first-order valence-electron chi connectivity index (χ1n) is 9.20. The topological polar surface area (TPSA) is 142 Å². The standard InChI is InChI=1S/C21H18N6O3S/c22-18-17-16(10-31-20(17)24-11-23-18)19(29)25-13-4-6-14(7-5-13)26-21(30)27-15-3-1-2-12(8-15)9-28/h1-8,10-11,28H,9H2,(H,25,29)(H2,22,23,24)(H2,26,27,30). The van der Waals surface area contributed by atoms with Crippen LogP contribution in [0, 0.1) is 0 Å². The van der Waals surface area contributed by atoms with Crippen LogP contribution in [-0.4, -0.2) is 27.0 Å². The first-order valence-corrected chi connectivity index (χ1v) is 10.1. The number of hydrogen-bond acceptors (Lipinski definition) is 7. The van der Waals surface area contributed by atoms with Gasteiger partial charge in [-0.25, -0.2) is 14.8 Å². The molecule has 0 aliphatic carbocycles. The van der Waals surface area contributed by atoms with Crippen molar-refractivity contribution in [3.8, 4) is 0 Å². The van der Waals surface area contributed by atoms with Crippen molar-refractivity contribution in [3.05, 3.63) is 71.4 Å². The normalized spacial score (nSPS) is 10.6. The fourth-order valence-electron chi connectivity index (χ4n) is 2.94. The molecule has 0 radical (unpaired) electrons. The van der Waals surface area contributed by atoms with E-state index in [0.717, 1.165) is 0 Å². The summed E-state index contributed by atoms with van der Waals surface area (Å²) in [6, 6.07) is 13.2. The van der Waals surface area contributed by atoms with Gasteiger partial charge in [-0.1, -0.05) is 12.1 Å². The van der Waals surface area contributed by atoms with E-state index in [1.165, 1.54) is 17.7 Å². The maximum Gasteiger partial charge on any atom is 0.323 e. The first kappa shape index (κ1) is 20.3. The molecule has 3 amide bonds. The van der Waals surface area contributed by atoms with Gasteiger partial charge in [0, 0.05) is 22.4 Å². The zero-order chi connectivity index (χ0) is 21.8. The maximum atomic E-state index is 12.6. The van der Waals surface area contributed by atoms with Crippen LogP contribution in [0.3, 0.4) is 0 Å². The summed E-state index contributed by atoms with van der Waals surface area (Å²) in [4.78, 5) is 33.5. The number of carbonyl (C=O) groups excluding carboxylic acids is 2. The molecular weight excluding hydrogens is 416 g/mol. The third-order valence-corrected chi connectivity index (χ3v) is 5.30. The Labute approximate surface area is 181 Å². The minimum Gasteiger partial charge on any atom is -0.392 e. The van der Waals surface area contributed by atoms with E-state index in [9.17, 15) is 14.7 Å². The SMILES string of the molecule is Nc1ncnc2scc(C(=O)Nc3ccc(NC(=O)Nc4cccc(CO)c4)cc3)c12. The number of nitrogen functional groups attached to an aromatic ring is 1. The number of urea groups is 1. The number of rotatable bonds is 5. The molecule has 9 nitrogen and oxygen atoms in total. The summed E-state index contributed by atoms with van der Waals surface area (Å²) in [6.07, 6.45) is 1.36. The van der Waals surface area contributed by atoms with E-state index in [1.54, 1.807) is 53.9 Å². The zero-order valence-electron chi connectivity index (χ0n) is 16.1. The van der Waals surface area contributed by atoms with Gasteiger partial charge in [0.05, 0.1) is 17.6 Å². The fraction of sp³-hybridized carbons (Fsp3) is 0.0476. The lowest BCUT2D eigenvalue weighted by Gasteiger charge is -2.10. The van der Waals surface area contributed by atoms with E-state index in [2.05, 4.69) is 25.9 Å². The van der Waals surface area contributed by atoms with Crippen molar-refractivity contribution >= 4 is 56.4 Å². The number of nitrogens with two attached hydrogens (primary N) is 1. The third-order valence-electron chi connectivity index (χ3n) is 4.41. The van der Waals surface area contributed by atoms with Crippen molar-refractivity contribution in [1.29, 1.82) is 0 Å². The van der Waals surface area contributed by atoms with Crippen LogP contribution in [0.5, 0.6) is 0 Å². The van der Waals surface area contributed by atoms with Gasteiger partial charge in [0.2, 0.25) is 0 Å². The summed E-state index contributed by atoms with van der Waals surface area (Å²) in [5.41, 5.74) is 8.67. The Morgan fingerprint density at radius 2 is 1.68 bits per heavy atom. The molecule has 0 aliphatic heterocycles.